The number of benzene rings is 2. The third kappa shape index (κ3) is 4.67. The number of ether oxygens (including phenoxy) is 1. The molecule has 3 aromatic rings. The summed E-state index contributed by atoms with van der Waals surface area (Å²) in [5.74, 6) is -0.426. The lowest BCUT2D eigenvalue weighted by molar-refractivity contribution is 0.0853. The fraction of sp³-hybridized carbons (Fsp3) is 0.400. The van der Waals surface area contributed by atoms with Gasteiger partial charge in [0.15, 0.2) is 5.69 Å². The summed E-state index contributed by atoms with van der Waals surface area (Å²) in [7, 11) is 0. The van der Waals surface area contributed by atoms with E-state index in [0.717, 1.165) is 55.9 Å². The maximum absolute atomic E-state index is 13.6. The van der Waals surface area contributed by atoms with Crippen molar-refractivity contribution in [2.24, 2.45) is 0 Å². The first-order valence-electron chi connectivity index (χ1n) is 11.5. The average Bonchev–Trinajstić information content (AvgIpc) is 3.47. The number of fused-ring (bicyclic) bond motifs is 1. The summed E-state index contributed by atoms with van der Waals surface area (Å²) >= 11 is 0. The predicted molar refractivity (Wildman–Crippen MR) is 122 cm³/mol. The number of carbonyl (C=O) groups is 1. The first-order valence-corrected chi connectivity index (χ1v) is 11.5. The number of amides is 1. The second-order valence-corrected chi connectivity index (χ2v) is 8.79. The van der Waals surface area contributed by atoms with E-state index in [1.807, 2.05) is 25.1 Å². The highest BCUT2D eigenvalue weighted by atomic mass is 19.1. The number of carbonyl (C=O) groups excluding carboxylic acids is 1. The lowest BCUT2D eigenvalue weighted by atomic mass is 9.97. The van der Waals surface area contributed by atoms with Gasteiger partial charge >= 0.3 is 0 Å². The molecule has 1 atom stereocenters. The molecule has 1 amide bonds. The van der Waals surface area contributed by atoms with Crippen LogP contribution in [0.2, 0.25) is 0 Å². The molecule has 172 valence electrons. The van der Waals surface area contributed by atoms with Gasteiger partial charge in [0.2, 0.25) is 0 Å². The number of nitrogens with one attached hydrogen (secondary N) is 1. The minimum atomic E-state index is -0.222. The van der Waals surface area contributed by atoms with Crippen LogP contribution in [0.1, 0.15) is 45.7 Å². The van der Waals surface area contributed by atoms with Gasteiger partial charge in [0.1, 0.15) is 5.82 Å². The number of hydrogen-bond donors (Lipinski definition) is 1. The van der Waals surface area contributed by atoms with Crippen LogP contribution in [0.4, 0.5) is 4.39 Å². The van der Waals surface area contributed by atoms with E-state index in [1.54, 1.807) is 16.8 Å². The lowest BCUT2D eigenvalue weighted by Gasteiger charge is -2.30. The minimum absolute atomic E-state index is 0.0840. The Morgan fingerprint density at radius 1 is 1.27 bits per heavy atom. The highest BCUT2D eigenvalue weighted by molar-refractivity contribution is 5.93. The average molecular weight is 450 g/mol. The number of rotatable bonds is 6. The maximum atomic E-state index is 13.6. The lowest BCUT2D eigenvalue weighted by Crippen LogP contribution is -2.32. The molecule has 3 heterocycles. The highest BCUT2D eigenvalue weighted by Crippen LogP contribution is 2.27. The van der Waals surface area contributed by atoms with Crippen molar-refractivity contribution in [2.75, 3.05) is 19.7 Å². The predicted octanol–water partition coefficient (Wildman–Crippen LogP) is 3.18. The number of aromatic nitrogens is 3. The van der Waals surface area contributed by atoms with E-state index < -0.39 is 0 Å². The van der Waals surface area contributed by atoms with Gasteiger partial charge in [-0.1, -0.05) is 29.5 Å². The molecule has 0 unspecified atom stereocenters. The van der Waals surface area contributed by atoms with Crippen LogP contribution >= 0.6 is 0 Å². The zero-order valence-corrected chi connectivity index (χ0v) is 18.8. The molecule has 0 saturated carbocycles. The van der Waals surface area contributed by atoms with E-state index in [4.69, 9.17) is 4.74 Å². The summed E-state index contributed by atoms with van der Waals surface area (Å²) in [6, 6.07) is 12.9. The van der Waals surface area contributed by atoms with Gasteiger partial charge < -0.3 is 10.1 Å². The van der Waals surface area contributed by atoms with E-state index >= 15 is 0 Å². The van der Waals surface area contributed by atoms with Gasteiger partial charge in [-0.05, 0) is 61.1 Å². The smallest absolute Gasteiger partial charge is 0.273 e. The Kier molecular flexibility index (Phi) is 6.20. The van der Waals surface area contributed by atoms with Gasteiger partial charge in [-0.25, -0.2) is 9.07 Å². The van der Waals surface area contributed by atoms with Crippen molar-refractivity contribution in [2.45, 2.75) is 45.4 Å². The normalized spacial score (nSPS) is 18.3. The summed E-state index contributed by atoms with van der Waals surface area (Å²) in [6.07, 6.45) is 2.94. The molecule has 0 aliphatic carbocycles. The van der Waals surface area contributed by atoms with Crippen LogP contribution in [0.5, 0.6) is 0 Å². The van der Waals surface area contributed by atoms with Crippen LogP contribution in [0, 0.1) is 12.7 Å². The van der Waals surface area contributed by atoms with Gasteiger partial charge in [-0.2, -0.15) is 0 Å². The Morgan fingerprint density at radius 2 is 2.15 bits per heavy atom. The van der Waals surface area contributed by atoms with Gasteiger partial charge in [-0.15, -0.1) is 5.10 Å². The Bertz CT molecular complexity index is 1160. The van der Waals surface area contributed by atoms with Crippen LogP contribution in [0.15, 0.2) is 42.5 Å². The molecule has 1 aromatic heterocycles. The van der Waals surface area contributed by atoms with Crippen LogP contribution < -0.4 is 5.32 Å². The van der Waals surface area contributed by atoms with Crippen molar-refractivity contribution in [3.63, 3.8) is 0 Å². The number of hydrogen-bond acceptors (Lipinski definition) is 5. The van der Waals surface area contributed by atoms with Crippen molar-refractivity contribution in [1.29, 1.82) is 0 Å². The molecular formula is C25H28FN5O2. The van der Waals surface area contributed by atoms with E-state index in [1.165, 1.54) is 17.2 Å². The minimum Gasteiger partial charge on any atom is -0.376 e. The van der Waals surface area contributed by atoms with E-state index in [2.05, 4.69) is 26.6 Å². The molecule has 1 saturated heterocycles. The Hall–Kier alpha value is -3.10. The molecule has 0 radical (unpaired) electrons. The van der Waals surface area contributed by atoms with Crippen LogP contribution in [-0.4, -0.2) is 51.6 Å². The Labute approximate surface area is 192 Å². The first kappa shape index (κ1) is 21.7. The van der Waals surface area contributed by atoms with E-state index in [-0.39, 0.29) is 17.8 Å². The van der Waals surface area contributed by atoms with Crippen molar-refractivity contribution in [1.82, 2.24) is 25.2 Å². The SMILES string of the molecule is Cc1c(C(=O)NC[C@@H]2CCCO2)nnn1-c1cccc2c1CCN(Cc1cccc(F)c1)C2. The second kappa shape index (κ2) is 9.41. The molecule has 8 heteroatoms. The van der Waals surface area contributed by atoms with E-state index in [9.17, 15) is 9.18 Å². The summed E-state index contributed by atoms with van der Waals surface area (Å²) < 4.78 is 20.9. The standard InChI is InChI=1S/C25H28FN5O2/c1-17-24(25(32)27-14-21-8-4-12-33-21)28-29-31(17)23-9-3-6-19-16-30(11-10-22(19)23)15-18-5-2-7-20(26)13-18/h2-3,5-7,9,13,21H,4,8,10-12,14-16H2,1H3,(H,27,32)/t21-/m0/s1. The quantitative estimate of drug-likeness (QED) is 0.626. The molecule has 5 rings (SSSR count). The third-order valence-electron chi connectivity index (χ3n) is 6.47. The largest absolute Gasteiger partial charge is 0.376 e. The van der Waals surface area contributed by atoms with Crippen molar-refractivity contribution < 1.29 is 13.9 Å². The van der Waals surface area contributed by atoms with E-state index in [0.29, 0.717) is 18.8 Å². The second-order valence-electron chi connectivity index (χ2n) is 8.79. The number of nitrogens with zero attached hydrogens (tertiary/aromatic N) is 4. The van der Waals surface area contributed by atoms with Gasteiger partial charge in [0, 0.05) is 32.8 Å². The summed E-state index contributed by atoms with van der Waals surface area (Å²) in [5, 5.41) is 11.4. The van der Waals surface area contributed by atoms with Crippen molar-refractivity contribution >= 4 is 5.91 Å². The van der Waals surface area contributed by atoms with Gasteiger partial charge in [0.25, 0.3) is 5.91 Å². The molecule has 1 N–H and O–H groups in total. The van der Waals surface area contributed by atoms with Gasteiger partial charge in [0.05, 0.1) is 17.5 Å². The Balaban J connectivity index is 1.31. The first-order chi connectivity index (χ1) is 16.1. The highest BCUT2D eigenvalue weighted by Gasteiger charge is 2.24. The molecule has 0 spiro atoms. The zero-order valence-electron chi connectivity index (χ0n) is 18.8. The summed E-state index contributed by atoms with van der Waals surface area (Å²) in [6.45, 7) is 5.48. The molecule has 33 heavy (non-hydrogen) atoms. The molecule has 1 fully saturated rings. The monoisotopic (exact) mass is 449 g/mol. The fourth-order valence-electron chi connectivity index (χ4n) is 4.74. The zero-order chi connectivity index (χ0) is 22.8. The summed E-state index contributed by atoms with van der Waals surface area (Å²) in [5.41, 5.74) is 5.42. The summed E-state index contributed by atoms with van der Waals surface area (Å²) in [4.78, 5) is 15.0. The Morgan fingerprint density at radius 3 is 2.97 bits per heavy atom. The van der Waals surface area contributed by atoms with Crippen molar-refractivity contribution in [3.05, 3.63) is 76.4 Å². The molecule has 2 aliphatic heterocycles. The molecule has 2 aromatic carbocycles. The molecule has 7 nitrogen and oxygen atoms in total. The van der Waals surface area contributed by atoms with Crippen LogP contribution in [0.3, 0.4) is 0 Å². The fourth-order valence-corrected chi connectivity index (χ4v) is 4.74. The van der Waals surface area contributed by atoms with Gasteiger partial charge in [-0.3, -0.25) is 9.69 Å². The maximum Gasteiger partial charge on any atom is 0.273 e. The topological polar surface area (TPSA) is 72.3 Å². The third-order valence-corrected chi connectivity index (χ3v) is 6.47. The molecule has 0 bridgehead atoms. The number of halogens is 1. The van der Waals surface area contributed by atoms with Crippen LogP contribution in [-0.2, 0) is 24.2 Å². The van der Waals surface area contributed by atoms with Crippen LogP contribution in [0.25, 0.3) is 5.69 Å². The molecule has 2 aliphatic rings. The van der Waals surface area contributed by atoms with Crippen molar-refractivity contribution in [3.8, 4) is 5.69 Å². The molecular weight excluding hydrogens is 421 g/mol.